The van der Waals surface area contributed by atoms with Crippen LogP contribution in [0.15, 0.2) is 24.5 Å². The molecule has 0 bridgehead atoms. The first-order chi connectivity index (χ1) is 8.16. The minimum Gasteiger partial charge on any atom is -0.508 e. The van der Waals surface area contributed by atoms with Crippen LogP contribution in [0.3, 0.4) is 0 Å². The van der Waals surface area contributed by atoms with Crippen molar-refractivity contribution in [2.24, 2.45) is 0 Å². The fourth-order valence-electron chi connectivity index (χ4n) is 1.57. The zero-order valence-corrected chi connectivity index (χ0v) is 9.38. The second-order valence-electron chi connectivity index (χ2n) is 3.78. The van der Waals surface area contributed by atoms with Crippen molar-refractivity contribution in [1.29, 1.82) is 0 Å². The number of H-pyrrole nitrogens is 1. The van der Waals surface area contributed by atoms with Crippen molar-refractivity contribution in [3.05, 3.63) is 35.9 Å². The zero-order valence-electron chi connectivity index (χ0n) is 9.38. The fourth-order valence-corrected chi connectivity index (χ4v) is 1.57. The summed E-state index contributed by atoms with van der Waals surface area (Å²) < 4.78 is 0. The van der Waals surface area contributed by atoms with E-state index in [1.807, 2.05) is 6.92 Å². The molecular weight excluding hydrogens is 220 g/mol. The highest BCUT2D eigenvalue weighted by molar-refractivity contribution is 5.40. The predicted molar refractivity (Wildman–Crippen MR) is 61.4 cm³/mol. The van der Waals surface area contributed by atoms with Crippen LogP contribution in [0.4, 0.5) is 0 Å². The highest BCUT2D eigenvalue weighted by Gasteiger charge is 2.10. The Bertz CT molecular complexity index is 484. The van der Waals surface area contributed by atoms with Crippen LogP contribution in [-0.4, -0.2) is 25.4 Å². The third-order valence-corrected chi connectivity index (χ3v) is 2.52. The highest BCUT2D eigenvalue weighted by Crippen LogP contribution is 2.27. The summed E-state index contributed by atoms with van der Waals surface area (Å²) in [5, 5.41) is 28.6. The van der Waals surface area contributed by atoms with E-state index in [1.165, 1.54) is 12.4 Å². The Labute approximate surface area is 98.3 Å². The van der Waals surface area contributed by atoms with Crippen LogP contribution < -0.4 is 5.32 Å². The standard InChI is InChI=1S/C11H14N4O2/c1-7(12-5-11-13-6-14-15-11)9-3-2-8(16)4-10(9)17/h2-4,6-7,12,16-17H,5H2,1H3,(H,13,14,15). The molecule has 4 N–H and O–H groups in total. The number of nitrogens with zero attached hydrogens (tertiary/aromatic N) is 2. The molecule has 0 spiro atoms. The van der Waals surface area contributed by atoms with Gasteiger partial charge < -0.3 is 15.5 Å². The molecule has 90 valence electrons. The van der Waals surface area contributed by atoms with Crippen LogP contribution in [-0.2, 0) is 6.54 Å². The number of phenolic OH excluding ortho intramolecular Hbond substituents is 2. The van der Waals surface area contributed by atoms with Crippen molar-refractivity contribution in [3.63, 3.8) is 0 Å². The van der Waals surface area contributed by atoms with E-state index in [4.69, 9.17) is 0 Å². The average molecular weight is 234 g/mol. The molecule has 1 heterocycles. The summed E-state index contributed by atoms with van der Waals surface area (Å²) in [6, 6.07) is 4.49. The lowest BCUT2D eigenvalue weighted by Crippen LogP contribution is -2.18. The minimum atomic E-state index is -0.0549. The summed E-state index contributed by atoms with van der Waals surface area (Å²) in [5.74, 6) is 0.853. The van der Waals surface area contributed by atoms with Crippen LogP contribution >= 0.6 is 0 Å². The molecule has 0 saturated heterocycles. The number of aromatic amines is 1. The Morgan fingerprint density at radius 1 is 1.41 bits per heavy atom. The van der Waals surface area contributed by atoms with E-state index in [0.29, 0.717) is 6.54 Å². The Balaban J connectivity index is 2.01. The maximum atomic E-state index is 9.68. The molecule has 6 heteroatoms. The van der Waals surface area contributed by atoms with Gasteiger partial charge in [0.1, 0.15) is 23.7 Å². The number of nitrogens with one attached hydrogen (secondary N) is 2. The van der Waals surface area contributed by atoms with Gasteiger partial charge in [0.05, 0.1) is 6.54 Å². The Morgan fingerprint density at radius 2 is 2.24 bits per heavy atom. The van der Waals surface area contributed by atoms with Crippen LogP contribution in [0.5, 0.6) is 11.5 Å². The molecule has 0 aliphatic rings. The van der Waals surface area contributed by atoms with Crippen molar-refractivity contribution in [3.8, 4) is 11.5 Å². The molecule has 0 radical (unpaired) electrons. The second kappa shape index (κ2) is 4.84. The van der Waals surface area contributed by atoms with E-state index in [2.05, 4.69) is 20.5 Å². The smallest absolute Gasteiger partial charge is 0.138 e. The predicted octanol–water partition coefficient (Wildman–Crippen LogP) is 1.07. The van der Waals surface area contributed by atoms with Crippen LogP contribution in [0.1, 0.15) is 24.4 Å². The molecule has 17 heavy (non-hydrogen) atoms. The van der Waals surface area contributed by atoms with Crippen molar-refractivity contribution in [2.75, 3.05) is 0 Å². The molecule has 6 nitrogen and oxygen atoms in total. The number of hydrogen-bond acceptors (Lipinski definition) is 5. The number of aromatic nitrogens is 3. The Kier molecular flexibility index (Phi) is 3.24. The molecule has 0 aliphatic carbocycles. The maximum absolute atomic E-state index is 9.68. The zero-order chi connectivity index (χ0) is 12.3. The van der Waals surface area contributed by atoms with E-state index in [1.54, 1.807) is 12.1 Å². The Morgan fingerprint density at radius 3 is 2.88 bits per heavy atom. The van der Waals surface area contributed by atoms with Gasteiger partial charge in [-0.2, -0.15) is 5.10 Å². The van der Waals surface area contributed by atoms with Gasteiger partial charge in [-0.3, -0.25) is 5.10 Å². The van der Waals surface area contributed by atoms with Gasteiger partial charge in [0.2, 0.25) is 0 Å². The topological polar surface area (TPSA) is 94.1 Å². The average Bonchev–Trinajstić information content (AvgIpc) is 2.78. The normalized spacial score (nSPS) is 12.5. The monoisotopic (exact) mass is 234 g/mol. The summed E-state index contributed by atoms with van der Waals surface area (Å²) in [6.45, 7) is 2.45. The number of aromatic hydroxyl groups is 2. The maximum Gasteiger partial charge on any atom is 0.138 e. The number of rotatable bonds is 4. The lowest BCUT2D eigenvalue weighted by molar-refractivity contribution is 0.435. The van der Waals surface area contributed by atoms with E-state index in [9.17, 15) is 10.2 Å². The summed E-state index contributed by atoms with van der Waals surface area (Å²) in [6.07, 6.45) is 1.44. The van der Waals surface area contributed by atoms with Gasteiger partial charge in [-0.25, -0.2) is 4.98 Å². The molecule has 1 aromatic carbocycles. The molecule has 0 aliphatic heterocycles. The first-order valence-corrected chi connectivity index (χ1v) is 5.26. The minimum absolute atomic E-state index is 0.0497. The first kappa shape index (κ1) is 11.4. The van der Waals surface area contributed by atoms with Gasteiger partial charge in [0, 0.05) is 17.7 Å². The summed E-state index contributed by atoms with van der Waals surface area (Å²) in [4.78, 5) is 3.99. The summed E-state index contributed by atoms with van der Waals surface area (Å²) >= 11 is 0. The highest BCUT2D eigenvalue weighted by atomic mass is 16.3. The molecular formula is C11H14N4O2. The molecule has 1 unspecified atom stereocenters. The SMILES string of the molecule is CC(NCc1ncn[nH]1)c1ccc(O)cc1O. The van der Waals surface area contributed by atoms with Crippen LogP contribution in [0.2, 0.25) is 0 Å². The van der Waals surface area contributed by atoms with E-state index < -0.39 is 0 Å². The fraction of sp³-hybridized carbons (Fsp3) is 0.273. The van der Waals surface area contributed by atoms with Gasteiger partial charge >= 0.3 is 0 Å². The quantitative estimate of drug-likeness (QED) is 0.634. The molecule has 1 atom stereocenters. The van der Waals surface area contributed by atoms with Crippen molar-refractivity contribution in [1.82, 2.24) is 20.5 Å². The molecule has 0 fully saturated rings. The molecule has 2 rings (SSSR count). The van der Waals surface area contributed by atoms with Crippen molar-refractivity contribution in [2.45, 2.75) is 19.5 Å². The van der Waals surface area contributed by atoms with Crippen LogP contribution in [0, 0.1) is 0 Å². The van der Waals surface area contributed by atoms with E-state index in [0.717, 1.165) is 11.4 Å². The molecule has 1 aromatic heterocycles. The van der Waals surface area contributed by atoms with Gasteiger partial charge in [0.25, 0.3) is 0 Å². The number of hydrogen-bond donors (Lipinski definition) is 4. The van der Waals surface area contributed by atoms with Gasteiger partial charge in [-0.15, -0.1) is 0 Å². The van der Waals surface area contributed by atoms with Gasteiger partial charge in [-0.1, -0.05) is 6.07 Å². The van der Waals surface area contributed by atoms with E-state index in [-0.39, 0.29) is 17.5 Å². The van der Waals surface area contributed by atoms with Crippen molar-refractivity contribution < 1.29 is 10.2 Å². The molecule has 0 amide bonds. The van der Waals surface area contributed by atoms with Crippen LogP contribution in [0.25, 0.3) is 0 Å². The largest absolute Gasteiger partial charge is 0.508 e. The lowest BCUT2D eigenvalue weighted by Gasteiger charge is -2.14. The van der Waals surface area contributed by atoms with Gasteiger partial charge in [-0.05, 0) is 13.0 Å². The molecule has 2 aromatic rings. The van der Waals surface area contributed by atoms with Gasteiger partial charge in [0.15, 0.2) is 0 Å². The summed E-state index contributed by atoms with van der Waals surface area (Å²) in [5.41, 5.74) is 0.724. The second-order valence-corrected chi connectivity index (χ2v) is 3.78. The Hall–Kier alpha value is -2.08. The lowest BCUT2D eigenvalue weighted by atomic mass is 10.1. The third kappa shape index (κ3) is 2.73. The van der Waals surface area contributed by atoms with Crippen molar-refractivity contribution >= 4 is 0 Å². The third-order valence-electron chi connectivity index (χ3n) is 2.52. The number of phenols is 2. The first-order valence-electron chi connectivity index (χ1n) is 5.26. The number of benzene rings is 1. The van der Waals surface area contributed by atoms with E-state index >= 15 is 0 Å². The molecule has 0 saturated carbocycles. The summed E-state index contributed by atoms with van der Waals surface area (Å²) in [7, 11) is 0.